The maximum atomic E-state index is 12.7. The molecule has 0 saturated carbocycles. The van der Waals surface area contributed by atoms with Crippen LogP contribution in [0, 0.1) is 0 Å². The summed E-state index contributed by atoms with van der Waals surface area (Å²) in [4.78, 5) is 27.6. The molecule has 1 aliphatic heterocycles. The first kappa shape index (κ1) is 22.5. The van der Waals surface area contributed by atoms with Gasteiger partial charge in [0, 0.05) is 46.9 Å². The molecule has 2 aromatic heterocycles. The van der Waals surface area contributed by atoms with E-state index in [4.69, 9.17) is 11.6 Å². The summed E-state index contributed by atoms with van der Waals surface area (Å²) in [5.41, 5.74) is 1.82. The SMILES string of the molecule is CC(C)N(C)C/C=C/C(=O)N1CCc2c(sc3ncnc(Nc4cc(O)cc(Cl)c4)c23)C1. The van der Waals surface area contributed by atoms with E-state index in [9.17, 15) is 9.90 Å². The summed E-state index contributed by atoms with van der Waals surface area (Å²) in [7, 11) is 2.04. The predicted octanol–water partition coefficient (Wildman–Crippen LogP) is 4.58. The number of aromatic hydroxyl groups is 1. The van der Waals surface area contributed by atoms with Crippen molar-refractivity contribution in [3.05, 3.63) is 52.1 Å². The number of nitrogens with zero attached hydrogens (tertiary/aromatic N) is 4. The van der Waals surface area contributed by atoms with Crippen LogP contribution in [0.5, 0.6) is 5.75 Å². The molecule has 9 heteroatoms. The zero-order chi connectivity index (χ0) is 22.8. The number of thiophene rings is 1. The second kappa shape index (κ2) is 9.44. The lowest BCUT2D eigenvalue weighted by Crippen LogP contribution is -2.34. The molecular weight excluding hydrogens is 446 g/mol. The number of hydrogen-bond donors (Lipinski definition) is 2. The minimum Gasteiger partial charge on any atom is -0.508 e. The Balaban J connectivity index is 1.54. The first-order valence-electron chi connectivity index (χ1n) is 10.5. The molecule has 0 bridgehead atoms. The molecule has 168 valence electrons. The van der Waals surface area contributed by atoms with Crippen LogP contribution in [0.15, 0.2) is 36.7 Å². The molecule has 0 radical (unpaired) electrons. The smallest absolute Gasteiger partial charge is 0.246 e. The standard InChI is InChI=1S/C23H26ClN5O2S/c1-14(2)28(3)7-4-5-20(31)29-8-6-18-19(12-29)32-23-21(18)22(25-13-26-23)27-16-9-15(24)10-17(30)11-16/h4-5,9-11,13-14,30H,6-8,12H2,1-3H3,(H,25,26,27)/b5-4+. The minimum absolute atomic E-state index is 0.0316. The normalized spacial score (nSPS) is 14.0. The van der Waals surface area contributed by atoms with Gasteiger partial charge < -0.3 is 20.2 Å². The van der Waals surface area contributed by atoms with Gasteiger partial charge >= 0.3 is 0 Å². The fourth-order valence-electron chi connectivity index (χ4n) is 3.63. The van der Waals surface area contributed by atoms with Crippen molar-refractivity contribution in [1.82, 2.24) is 19.8 Å². The molecule has 1 aliphatic rings. The second-order valence-corrected chi connectivity index (χ2v) is 9.69. The van der Waals surface area contributed by atoms with Crippen LogP contribution in [0.25, 0.3) is 10.2 Å². The van der Waals surface area contributed by atoms with Crippen LogP contribution in [0.4, 0.5) is 11.5 Å². The van der Waals surface area contributed by atoms with Gasteiger partial charge in [0.1, 0.15) is 22.7 Å². The minimum atomic E-state index is 0.0316. The van der Waals surface area contributed by atoms with Gasteiger partial charge in [0.15, 0.2) is 0 Å². The Kier molecular flexibility index (Phi) is 6.64. The van der Waals surface area contributed by atoms with Crippen LogP contribution in [0.1, 0.15) is 24.3 Å². The fraction of sp³-hybridized carbons (Fsp3) is 0.348. The van der Waals surface area contributed by atoms with Crippen LogP contribution >= 0.6 is 22.9 Å². The number of anilines is 2. The van der Waals surface area contributed by atoms with Crippen molar-refractivity contribution in [3.63, 3.8) is 0 Å². The first-order valence-corrected chi connectivity index (χ1v) is 11.7. The highest BCUT2D eigenvalue weighted by Crippen LogP contribution is 2.38. The Morgan fingerprint density at radius 1 is 1.38 bits per heavy atom. The number of hydrogen-bond acceptors (Lipinski definition) is 7. The number of phenols is 1. The average molecular weight is 472 g/mol. The van der Waals surface area contributed by atoms with Crippen molar-refractivity contribution in [2.75, 3.05) is 25.5 Å². The summed E-state index contributed by atoms with van der Waals surface area (Å²) < 4.78 is 0. The van der Waals surface area contributed by atoms with E-state index >= 15 is 0 Å². The Labute approximate surface area is 196 Å². The number of likely N-dealkylation sites (N-methyl/N-ethyl adjacent to an activating group) is 1. The van der Waals surface area contributed by atoms with E-state index in [2.05, 4.69) is 34.0 Å². The summed E-state index contributed by atoms with van der Waals surface area (Å²) >= 11 is 7.66. The van der Waals surface area contributed by atoms with Crippen molar-refractivity contribution in [1.29, 1.82) is 0 Å². The van der Waals surface area contributed by atoms with Crippen LogP contribution in [-0.4, -0.2) is 57.0 Å². The van der Waals surface area contributed by atoms with Crippen molar-refractivity contribution in [2.45, 2.75) is 32.9 Å². The van der Waals surface area contributed by atoms with E-state index in [1.54, 1.807) is 29.5 Å². The zero-order valence-corrected chi connectivity index (χ0v) is 19.9. The van der Waals surface area contributed by atoms with Crippen molar-refractivity contribution in [2.24, 2.45) is 0 Å². The molecule has 0 fully saturated rings. The van der Waals surface area contributed by atoms with Gasteiger partial charge in [-0.25, -0.2) is 9.97 Å². The molecule has 1 amide bonds. The van der Waals surface area contributed by atoms with Gasteiger partial charge in [-0.15, -0.1) is 11.3 Å². The van der Waals surface area contributed by atoms with E-state index in [-0.39, 0.29) is 11.7 Å². The quantitative estimate of drug-likeness (QED) is 0.512. The van der Waals surface area contributed by atoms with Crippen molar-refractivity contribution >= 4 is 50.6 Å². The molecular formula is C23H26ClN5O2S. The number of rotatable bonds is 6. The largest absolute Gasteiger partial charge is 0.508 e. The molecule has 0 spiro atoms. The van der Waals surface area contributed by atoms with Crippen LogP contribution in [0.2, 0.25) is 5.02 Å². The Hall–Kier alpha value is -2.68. The summed E-state index contributed by atoms with van der Waals surface area (Å²) in [5, 5.41) is 14.5. The van der Waals surface area contributed by atoms with E-state index in [0.29, 0.717) is 35.7 Å². The Morgan fingerprint density at radius 3 is 2.94 bits per heavy atom. The lowest BCUT2D eigenvalue weighted by molar-refractivity contribution is -0.126. The lowest BCUT2D eigenvalue weighted by Gasteiger charge is -2.26. The van der Waals surface area contributed by atoms with Gasteiger partial charge in [-0.05, 0) is 45.0 Å². The lowest BCUT2D eigenvalue weighted by atomic mass is 10.0. The number of phenolic OH excluding ortho intramolecular Hbond substituents is 1. The van der Waals surface area contributed by atoms with Crippen LogP contribution in [0.3, 0.4) is 0 Å². The highest BCUT2D eigenvalue weighted by atomic mass is 35.5. The number of nitrogens with one attached hydrogen (secondary N) is 1. The molecule has 32 heavy (non-hydrogen) atoms. The third-order valence-corrected chi connectivity index (χ3v) is 6.97. The molecule has 7 nitrogen and oxygen atoms in total. The molecule has 1 aromatic carbocycles. The highest BCUT2D eigenvalue weighted by Gasteiger charge is 2.25. The highest BCUT2D eigenvalue weighted by molar-refractivity contribution is 7.19. The zero-order valence-electron chi connectivity index (χ0n) is 18.3. The van der Waals surface area contributed by atoms with Crippen molar-refractivity contribution < 1.29 is 9.90 Å². The summed E-state index contributed by atoms with van der Waals surface area (Å²) in [6, 6.07) is 5.25. The molecule has 0 aliphatic carbocycles. The number of carbonyl (C=O) groups excluding carboxylic acids is 1. The number of aromatic nitrogens is 2. The van der Waals surface area contributed by atoms with Gasteiger partial charge in [0.05, 0.1) is 11.9 Å². The van der Waals surface area contributed by atoms with Gasteiger partial charge in [0.25, 0.3) is 0 Å². The summed E-state index contributed by atoms with van der Waals surface area (Å²) in [6.07, 6.45) is 5.86. The molecule has 0 unspecified atom stereocenters. The number of halogens is 1. The number of fused-ring (bicyclic) bond motifs is 3. The number of amides is 1. The Bertz CT molecular complexity index is 1160. The fourth-order valence-corrected chi connectivity index (χ4v) is 5.06. The van der Waals surface area contributed by atoms with E-state index in [1.165, 1.54) is 18.0 Å². The predicted molar refractivity (Wildman–Crippen MR) is 130 cm³/mol. The first-order chi connectivity index (χ1) is 15.3. The molecule has 3 heterocycles. The average Bonchev–Trinajstić information content (AvgIpc) is 3.11. The van der Waals surface area contributed by atoms with Crippen LogP contribution in [-0.2, 0) is 17.8 Å². The number of benzene rings is 1. The van der Waals surface area contributed by atoms with E-state index in [0.717, 1.165) is 28.1 Å². The maximum Gasteiger partial charge on any atom is 0.246 e. The van der Waals surface area contributed by atoms with Gasteiger partial charge in [-0.3, -0.25) is 4.79 Å². The molecule has 0 atom stereocenters. The maximum absolute atomic E-state index is 12.7. The van der Waals surface area contributed by atoms with Gasteiger partial charge in [0.2, 0.25) is 5.91 Å². The number of carbonyl (C=O) groups is 1. The topological polar surface area (TPSA) is 81.6 Å². The van der Waals surface area contributed by atoms with Gasteiger partial charge in [-0.1, -0.05) is 17.7 Å². The molecule has 0 saturated heterocycles. The van der Waals surface area contributed by atoms with E-state index in [1.807, 2.05) is 18.0 Å². The third-order valence-electron chi connectivity index (χ3n) is 5.63. The monoisotopic (exact) mass is 471 g/mol. The molecule has 2 N–H and O–H groups in total. The summed E-state index contributed by atoms with van der Waals surface area (Å²) in [6.45, 7) is 6.22. The van der Waals surface area contributed by atoms with E-state index < -0.39 is 0 Å². The van der Waals surface area contributed by atoms with Gasteiger partial charge in [-0.2, -0.15) is 0 Å². The summed E-state index contributed by atoms with van der Waals surface area (Å²) in [5.74, 6) is 0.786. The second-order valence-electron chi connectivity index (χ2n) is 8.17. The Morgan fingerprint density at radius 2 is 2.19 bits per heavy atom. The van der Waals surface area contributed by atoms with Crippen LogP contribution < -0.4 is 5.32 Å². The molecule has 3 aromatic rings. The van der Waals surface area contributed by atoms with Crippen molar-refractivity contribution in [3.8, 4) is 5.75 Å². The third kappa shape index (κ3) is 4.87. The molecule has 4 rings (SSSR count).